The second-order valence-electron chi connectivity index (χ2n) is 5.71. The topological polar surface area (TPSA) is 40.8 Å². The number of nitrogens with zero attached hydrogens (tertiary/aromatic N) is 3. The van der Waals surface area contributed by atoms with Crippen molar-refractivity contribution in [2.45, 2.75) is 51.3 Å². The first-order chi connectivity index (χ1) is 9.78. The molecule has 2 atom stereocenters. The van der Waals surface area contributed by atoms with Crippen LogP contribution in [0.5, 0.6) is 0 Å². The molecular formula is C16H23N3O. The van der Waals surface area contributed by atoms with Crippen molar-refractivity contribution in [2.75, 3.05) is 6.54 Å². The lowest BCUT2D eigenvalue weighted by Gasteiger charge is -2.37. The Balaban J connectivity index is 1.77. The highest BCUT2D eigenvalue weighted by atomic mass is 16.3. The third-order valence-electron chi connectivity index (χ3n) is 4.31. The number of aliphatic hydroxyl groups is 1. The van der Waals surface area contributed by atoms with Crippen molar-refractivity contribution in [3.8, 4) is 0 Å². The van der Waals surface area contributed by atoms with Gasteiger partial charge in [-0.05, 0) is 37.9 Å². The van der Waals surface area contributed by atoms with Gasteiger partial charge in [0.15, 0.2) is 0 Å². The van der Waals surface area contributed by atoms with Crippen LogP contribution < -0.4 is 0 Å². The molecular weight excluding hydrogens is 250 g/mol. The summed E-state index contributed by atoms with van der Waals surface area (Å²) in [7, 11) is 0. The van der Waals surface area contributed by atoms with Crippen LogP contribution in [-0.2, 0) is 6.54 Å². The first kappa shape index (κ1) is 13.6. The second-order valence-corrected chi connectivity index (χ2v) is 5.71. The van der Waals surface area contributed by atoms with Gasteiger partial charge in [0.25, 0.3) is 0 Å². The van der Waals surface area contributed by atoms with E-state index in [0.29, 0.717) is 6.04 Å². The maximum atomic E-state index is 10.2. The summed E-state index contributed by atoms with van der Waals surface area (Å²) in [6.07, 6.45) is 8.28. The summed E-state index contributed by atoms with van der Waals surface area (Å²) in [5.74, 6) is 0. The van der Waals surface area contributed by atoms with Crippen LogP contribution in [0.3, 0.4) is 0 Å². The Morgan fingerprint density at radius 1 is 1.40 bits per heavy atom. The Morgan fingerprint density at radius 3 is 3.10 bits per heavy atom. The van der Waals surface area contributed by atoms with Gasteiger partial charge < -0.3 is 9.51 Å². The maximum absolute atomic E-state index is 10.2. The van der Waals surface area contributed by atoms with E-state index in [1.165, 1.54) is 12.8 Å². The normalized spacial score (nSPS) is 22.2. The van der Waals surface area contributed by atoms with E-state index in [1.807, 2.05) is 24.4 Å². The molecule has 3 rings (SSSR count). The second kappa shape index (κ2) is 5.94. The zero-order chi connectivity index (χ0) is 13.9. The molecule has 0 amide bonds. The minimum absolute atomic E-state index is 0.215. The highest BCUT2D eigenvalue weighted by molar-refractivity contribution is 5.39. The standard InChI is InChI=1S/C16H23N3O/c1-2-15(20)14-7-3-5-9-18(14)11-13-12-19-10-6-4-8-16(19)17-13/h4,6,8,10,12,14-15,20H,2-3,5,7,9,11H2,1H3. The van der Waals surface area contributed by atoms with Crippen LogP contribution in [0.25, 0.3) is 5.65 Å². The third kappa shape index (κ3) is 2.72. The van der Waals surface area contributed by atoms with Crippen LogP contribution in [0.1, 0.15) is 38.3 Å². The summed E-state index contributed by atoms with van der Waals surface area (Å²) in [6.45, 7) is 3.96. The molecule has 1 aliphatic heterocycles. The van der Waals surface area contributed by atoms with Crippen molar-refractivity contribution in [1.82, 2.24) is 14.3 Å². The summed E-state index contributed by atoms with van der Waals surface area (Å²) in [6, 6.07) is 6.34. The third-order valence-corrected chi connectivity index (χ3v) is 4.31. The van der Waals surface area contributed by atoms with Gasteiger partial charge in [-0.2, -0.15) is 0 Å². The van der Waals surface area contributed by atoms with Gasteiger partial charge in [-0.15, -0.1) is 0 Å². The number of pyridine rings is 1. The Hall–Kier alpha value is -1.39. The Labute approximate surface area is 120 Å². The van der Waals surface area contributed by atoms with E-state index in [0.717, 1.165) is 37.3 Å². The number of aliphatic hydroxyl groups excluding tert-OH is 1. The number of imidazole rings is 1. The molecule has 1 fully saturated rings. The lowest BCUT2D eigenvalue weighted by molar-refractivity contribution is 0.0190. The first-order valence-corrected chi connectivity index (χ1v) is 7.62. The van der Waals surface area contributed by atoms with Crippen LogP contribution >= 0.6 is 0 Å². The highest BCUT2D eigenvalue weighted by Crippen LogP contribution is 2.23. The number of rotatable bonds is 4. The quantitative estimate of drug-likeness (QED) is 0.930. The number of aromatic nitrogens is 2. The lowest BCUT2D eigenvalue weighted by Crippen LogP contribution is -2.46. The van der Waals surface area contributed by atoms with Gasteiger partial charge in [0, 0.05) is 25.0 Å². The molecule has 2 aromatic heterocycles. The molecule has 4 heteroatoms. The van der Waals surface area contributed by atoms with Gasteiger partial charge in [0.05, 0.1) is 11.8 Å². The van der Waals surface area contributed by atoms with E-state index in [4.69, 9.17) is 0 Å². The van der Waals surface area contributed by atoms with Crippen molar-refractivity contribution in [3.05, 3.63) is 36.3 Å². The average molecular weight is 273 g/mol. The maximum Gasteiger partial charge on any atom is 0.137 e. The van der Waals surface area contributed by atoms with E-state index in [9.17, 15) is 5.11 Å². The largest absolute Gasteiger partial charge is 0.392 e. The van der Waals surface area contributed by atoms with Gasteiger partial charge in [0.1, 0.15) is 5.65 Å². The van der Waals surface area contributed by atoms with E-state index in [1.54, 1.807) is 0 Å². The summed E-state index contributed by atoms with van der Waals surface area (Å²) >= 11 is 0. The summed E-state index contributed by atoms with van der Waals surface area (Å²) in [4.78, 5) is 7.07. The monoisotopic (exact) mass is 273 g/mol. The molecule has 0 spiro atoms. The van der Waals surface area contributed by atoms with Crippen LogP contribution in [0.15, 0.2) is 30.6 Å². The molecule has 0 saturated carbocycles. The molecule has 0 aliphatic carbocycles. The SMILES string of the molecule is CCC(O)C1CCCCN1Cc1cn2ccccc2n1. The molecule has 20 heavy (non-hydrogen) atoms. The molecule has 0 bridgehead atoms. The number of fused-ring (bicyclic) bond motifs is 1. The lowest BCUT2D eigenvalue weighted by atomic mass is 9.96. The molecule has 3 heterocycles. The molecule has 1 N–H and O–H groups in total. The smallest absolute Gasteiger partial charge is 0.137 e. The Kier molecular flexibility index (Phi) is 4.03. The van der Waals surface area contributed by atoms with Crippen molar-refractivity contribution >= 4 is 5.65 Å². The van der Waals surface area contributed by atoms with Gasteiger partial charge >= 0.3 is 0 Å². The van der Waals surface area contributed by atoms with Crippen LogP contribution in [0, 0.1) is 0 Å². The fourth-order valence-corrected chi connectivity index (χ4v) is 3.19. The average Bonchev–Trinajstić information content (AvgIpc) is 2.89. The van der Waals surface area contributed by atoms with Gasteiger partial charge in [-0.25, -0.2) is 4.98 Å². The van der Waals surface area contributed by atoms with Crippen LogP contribution in [0.2, 0.25) is 0 Å². The van der Waals surface area contributed by atoms with Crippen molar-refractivity contribution in [2.24, 2.45) is 0 Å². The number of likely N-dealkylation sites (tertiary alicyclic amines) is 1. The summed E-state index contributed by atoms with van der Waals surface area (Å²) in [5.41, 5.74) is 2.08. The molecule has 0 radical (unpaired) electrons. The minimum atomic E-state index is -0.215. The number of hydrogen-bond acceptors (Lipinski definition) is 3. The van der Waals surface area contributed by atoms with E-state index in [2.05, 4.69) is 27.4 Å². The van der Waals surface area contributed by atoms with Crippen LogP contribution in [-0.4, -0.2) is 38.1 Å². The summed E-state index contributed by atoms with van der Waals surface area (Å²) in [5, 5.41) is 10.2. The van der Waals surface area contributed by atoms with Crippen molar-refractivity contribution in [1.29, 1.82) is 0 Å². The molecule has 4 nitrogen and oxygen atoms in total. The zero-order valence-corrected chi connectivity index (χ0v) is 12.1. The molecule has 108 valence electrons. The van der Waals surface area contributed by atoms with E-state index >= 15 is 0 Å². The summed E-state index contributed by atoms with van der Waals surface area (Å²) < 4.78 is 2.06. The van der Waals surface area contributed by atoms with Gasteiger partial charge in [-0.1, -0.05) is 19.4 Å². The van der Waals surface area contributed by atoms with Gasteiger partial charge in [0.2, 0.25) is 0 Å². The zero-order valence-electron chi connectivity index (χ0n) is 12.1. The minimum Gasteiger partial charge on any atom is -0.392 e. The van der Waals surface area contributed by atoms with E-state index in [-0.39, 0.29) is 6.10 Å². The van der Waals surface area contributed by atoms with Crippen LogP contribution in [0.4, 0.5) is 0 Å². The molecule has 2 aromatic rings. The molecule has 1 saturated heterocycles. The predicted octanol–water partition coefficient (Wildman–Crippen LogP) is 2.46. The highest BCUT2D eigenvalue weighted by Gasteiger charge is 2.28. The molecule has 0 aromatic carbocycles. The Morgan fingerprint density at radius 2 is 2.30 bits per heavy atom. The fourth-order valence-electron chi connectivity index (χ4n) is 3.19. The number of piperidine rings is 1. The van der Waals surface area contributed by atoms with E-state index < -0.39 is 0 Å². The molecule has 1 aliphatic rings. The van der Waals surface area contributed by atoms with Gasteiger partial charge in [-0.3, -0.25) is 4.90 Å². The fraction of sp³-hybridized carbons (Fsp3) is 0.562. The first-order valence-electron chi connectivity index (χ1n) is 7.62. The predicted molar refractivity (Wildman–Crippen MR) is 79.5 cm³/mol. The molecule has 2 unspecified atom stereocenters. The van der Waals surface area contributed by atoms with Crippen molar-refractivity contribution < 1.29 is 5.11 Å². The number of hydrogen-bond donors (Lipinski definition) is 1. The van der Waals surface area contributed by atoms with Crippen molar-refractivity contribution in [3.63, 3.8) is 0 Å². The Bertz CT molecular complexity index is 533.